The number of primary amides is 1. The molecule has 0 heterocycles. The Morgan fingerprint density at radius 2 is 2.00 bits per heavy atom. The summed E-state index contributed by atoms with van der Waals surface area (Å²) in [5, 5.41) is 0.350. The summed E-state index contributed by atoms with van der Waals surface area (Å²) in [6, 6.07) is 7.35. The van der Waals surface area contributed by atoms with Gasteiger partial charge in [-0.15, -0.1) is 0 Å². The van der Waals surface area contributed by atoms with E-state index in [-0.39, 0.29) is 0 Å². The fraction of sp³-hybridized carbons (Fsp3) is 0.222. The zero-order chi connectivity index (χ0) is 9.84. The Morgan fingerprint density at radius 3 is 2.46 bits per heavy atom. The second-order valence-corrected chi connectivity index (χ2v) is 2.73. The van der Waals surface area contributed by atoms with Crippen LogP contribution in [0.2, 0.25) is 0 Å². The lowest BCUT2D eigenvalue weighted by Crippen LogP contribution is -2.37. The van der Waals surface area contributed by atoms with Crippen LogP contribution in [0.1, 0.15) is 6.92 Å². The molecule has 0 saturated carbocycles. The van der Waals surface area contributed by atoms with E-state index in [1.165, 1.54) is 6.92 Å². The van der Waals surface area contributed by atoms with Gasteiger partial charge in [-0.1, -0.05) is 22.7 Å². The quantitative estimate of drug-likeness (QED) is 0.715. The van der Waals surface area contributed by atoms with Gasteiger partial charge in [-0.2, -0.15) is 5.12 Å². The highest BCUT2D eigenvalue weighted by Gasteiger charge is 2.18. The van der Waals surface area contributed by atoms with Crippen LogP contribution in [0.3, 0.4) is 0 Å². The number of carbonyl (C=O) groups is 1. The van der Waals surface area contributed by atoms with Gasteiger partial charge in [0.25, 0.3) is 0 Å². The van der Waals surface area contributed by atoms with Gasteiger partial charge in [-0.25, -0.2) is 0 Å². The topological polar surface area (TPSA) is 46.3 Å². The Kier molecular flexibility index (Phi) is 2.84. The van der Waals surface area contributed by atoms with E-state index in [4.69, 9.17) is 5.73 Å². The minimum Gasteiger partial charge on any atom is -0.368 e. The largest absolute Gasteiger partial charge is 0.368 e. The number of hydrogen-bond donors (Lipinski definition) is 1. The van der Waals surface area contributed by atoms with Crippen LogP contribution >= 0.6 is 0 Å². The standard InChI is InChI=1S/C9H11FN2O/c1-7(9(11)13)12(10)8-5-3-2-4-6-8/h2-7H,1H3,(H2,11,13)/t7-/m0/s1. The number of halogens is 1. The van der Waals surface area contributed by atoms with Crippen LogP contribution in [-0.4, -0.2) is 11.9 Å². The molecule has 13 heavy (non-hydrogen) atoms. The first-order valence-electron chi connectivity index (χ1n) is 3.92. The van der Waals surface area contributed by atoms with Gasteiger partial charge in [-0.3, -0.25) is 4.79 Å². The molecule has 0 spiro atoms. The number of benzene rings is 1. The normalized spacial score (nSPS) is 12.2. The molecule has 1 aromatic carbocycles. The van der Waals surface area contributed by atoms with E-state index in [0.717, 1.165) is 0 Å². The van der Waals surface area contributed by atoms with Gasteiger partial charge < -0.3 is 5.73 Å². The van der Waals surface area contributed by atoms with E-state index in [1.807, 2.05) is 0 Å². The Balaban J connectivity index is 2.79. The fourth-order valence-electron chi connectivity index (χ4n) is 0.906. The van der Waals surface area contributed by atoms with Crippen molar-refractivity contribution in [2.45, 2.75) is 13.0 Å². The highest BCUT2D eigenvalue weighted by Crippen LogP contribution is 2.16. The molecule has 2 N–H and O–H groups in total. The molecule has 1 rings (SSSR count). The summed E-state index contributed by atoms with van der Waals surface area (Å²) in [5.74, 6) is -0.689. The van der Waals surface area contributed by atoms with Gasteiger partial charge in [0.1, 0.15) is 6.04 Å². The first-order chi connectivity index (χ1) is 6.13. The van der Waals surface area contributed by atoms with Gasteiger partial charge in [0, 0.05) is 0 Å². The molecule has 1 amide bonds. The lowest BCUT2D eigenvalue weighted by atomic mass is 10.2. The molecule has 0 radical (unpaired) electrons. The Morgan fingerprint density at radius 1 is 1.46 bits per heavy atom. The summed E-state index contributed by atoms with van der Waals surface area (Å²) in [4.78, 5) is 10.7. The second-order valence-electron chi connectivity index (χ2n) is 2.73. The number of amides is 1. The number of para-hydroxylation sites is 1. The van der Waals surface area contributed by atoms with Crippen molar-refractivity contribution in [1.29, 1.82) is 0 Å². The van der Waals surface area contributed by atoms with Gasteiger partial charge in [0.15, 0.2) is 0 Å². The predicted octanol–water partition coefficient (Wildman–Crippen LogP) is 1.25. The third-order valence-electron chi connectivity index (χ3n) is 1.75. The molecule has 0 saturated heterocycles. The Hall–Kier alpha value is -1.58. The van der Waals surface area contributed by atoms with Crippen molar-refractivity contribution in [3.05, 3.63) is 30.3 Å². The van der Waals surface area contributed by atoms with Gasteiger partial charge in [-0.05, 0) is 19.1 Å². The number of nitrogens with two attached hydrogens (primary N) is 1. The van der Waals surface area contributed by atoms with Crippen molar-refractivity contribution >= 4 is 11.6 Å². The Bertz CT molecular complexity index is 289. The number of nitrogens with zero attached hydrogens (tertiary/aromatic N) is 1. The highest BCUT2D eigenvalue weighted by molar-refractivity contribution is 5.82. The van der Waals surface area contributed by atoms with E-state index in [9.17, 15) is 9.28 Å². The van der Waals surface area contributed by atoms with Crippen molar-refractivity contribution in [3.8, 4) is 0 Å². The van der Waals surface area contributed by atoms with Crippen molar-refractivity contribution in [2.75, 3.05) is 5.12 Å². The summed E-state index contributed by atoms with van der Waals surface area (Å²) in [7, 11) is 0. The number of rotatable bonds is 3. The minimum atomic E-state index is -0.942. The first-order valence-corrected chi connectivity index (χ1v) is 3.92. The lowest BCUT2D eigenvalue weighted by Gasteiger charge is -2.18. The van der Waals surface area contributed by atoms with Gasteiger partial charge in [0.05, 0.1) is 5.69 Å². The predicted molar refractivity (Wildman–Crippen MR) is 48.7 cm³/mol. The molecule has 0 unspecified atom stereocenters. The fourth-order valence-corrected chi connectivity index (χ4v) is 0.906. The molecule has 4 heteroatoms. The summed E-state index contributed by atoms with van der Waals surface area (Å²) < 4.78 is 13.3. The van der Waals surface area contributed by atoms with Crippen molar-refractivity contribution < 1.29 is 9.28 Å². The monoisotopic (exact) mass is 182 g/mol. The Labute approximate surface area is 75.9 Å². The molecule has 70 valence electrons. The molecule has 3 nitrogen and oxygen atoms in total. The third-order valence-corrected chi connectivity index (χ3v) is 1.75. The maximum absolute atomic E-state index is 13.3. The smallest absolute Gasteiger partial charge is 0.242 e. The molecule has 1 atom stereocenters. The summed E-state index contributed by atoms with van der Waals surface area (Å²) in [6.45, 7) is 1.41. The van der Waals surface area contributed by atoms with Crippen molar-refractivity contribution in [3.63, 3.8) is 0 Å². The molecule has 0 aliphatic heterocycles. The molecular weight excluding hydrogens is 171 g/mol. The van der Waals surface area contributed by atoms with Gasteiger partial charge >= 0.3 is 0 Å². The van der Waals surface area contributed by atoms with Crippen LogP contribution in [0.25, 0.3) is 0 Å². The molecule has 0 fully saturated rings. The average molecular weight is 182 g/mol. The van der Waals surface area contributed by atoms with E-state index in [1.54, 1.807) is 30.3 Å². The summed E-state index contributed by atoms with van der Waals surface area (Å²) in [5.41, 5.74) is 5.28. The molecule has 0 aromatic heterocycles. The van der Waals surface area contributed by atoms with E-state index >= 15 is 0 Å². The summed E-state index contributed by atoms with van der Waals surface area (Å²) >= 11 is 0. The molecule has 0 aliphatic rings. The lowest BCUT2D eigenvalue weighted by molar-refractivity contribution is -0.119. The number of hydrogen-bond acceptors (Lipinski definition) is 2. The van der Waals surface area contributed by atoms with E-state index in [0.29, 0.717) is 10.8 Å². The van der Waals surface area contributed by atoms with E-state index < -0.39 is 11.9 Å². The SMILES string of the molecule is C[C@@H](C(N)=O)N(F)c1ccccc1. The van der Waals surface area contributed by atoms with Crippen LogP contribution in [0.15, 0.2) is 30.3 Å². The zero-order valence-corrected chi connectivity index (χ0v) is 7.27. The highest BCUT2D eigenvalue weighted by atomic mass is 19.2. The van der Waals surface area contributed by atoms with Crippen LogP contribution in [0, 0.1) is 0 Å². The van der Waals surface area contributed by atoms with Crippen LogP contribution in [-0.2, 0) is 4.79 Å². The van der Waals surface area contributed by atoms with Crippen molar-refractivity contribution in [2.24, 2.45) is 5.73 Å². The van der Waals surface area contributed by atoms with E-state index in [2.05, 4.69) is 0 Å². The van der Waals surface area contributed by atoms with Crippen LogP contribution < -0.4 is 10.9 Å². The van der Waals surface area contributed by atoms with Crippen LogP contribution in [0.4, 0.5) is 10.2 Å². The maximum Gasteiger partial charge on any atom is 0.242 e. The van der Waals surface area contributed by atoms with Gasteiger partial charge in [0.2, 0.25) is 5.91 Å². The molecule has 1 aromatic rings. The maximum atomic E-state index is 13.3. The number of anilines is 1. The van der Waals surface area contributed by atoms with Crippen molar-refractivity contribution in [1.82, 2.24) is 0 Å². The molecular formula is C9H11FN2O. The summed E-state index contributed by atoms with van der Waals surface area (Å²) in [6.07, 6.45) is 0. The average Bonchev–Trinajstić information content (AvgIpc) is 2.17. The molecule has 0 bridgehead atoms. The number of carbonyl (C=O) groups excluding carboxylic acids is 1. The first kappa shape index (κ1) is 9.51. The third kappa shape index (κ3) is 2.18. The zero-order valence-electron chi connectivity index (χ0n) is 7.27. The second kappa shape index (κ2) is 3.89. The molecule has 0 aliphatic carbocycles. The minimum absolute atomic E-state index is 0.328. The van der Waals surface area contributed by atoms with Crippen LogP contribution in [0.5, 0.6) is 0 Å².